The zero-order valence-electron chi connectivity index (χ0n) is 12.4. The van der Waals surface area contributed by atoms with Crippen molar-refractivity contribution in [2.45, 2.75) is 34.1 Å². The van der Waals surface area contributed by atoms with E-state index in [9.17, 15) is 13.2 Å². The van der Waals surface area contributed by atoms with E-state index in [1.807, 2.05) is 32.9 Å². The molecule has 0 unspecified atom stereocenters. The molecule has 0 heterocycles. The van der Waals surface area contributed by atoms with Gasteiger partial charge in [-0.3, -0.25) is 4.79 Å². The Hall–Kier alpha value is -1.40. The van der Waals surface area contributed by atoms with Crippen LogP contribution in [0, 0.1) is 20.8 Å². The van der Waals surface area contributed by atoms with E-state index in [0.29, 0.717) is 6.42 Å². The van der Waals surface area contributed by atoms with Crippen LogP contribution in [0.4, 0.5) is 5.69 Å². The molecule has 1 aromatic carbocycles. The van der Waals surface area contributed by atoms with Gasteiger partial charge in [-0.25, -0.2) is 13.1 Å². The normalized spacial score (nSPS) is 11.4. The molecule has 0 saturated carbocycles. The Morgan fingerprint density at radius 1 is 1.15 bits per heavy atom. The molecule has 1 rings (SSSR count). The van der Waals surface area contributed by atoms with Crippen molar-refractivity contribution in [2.24, 2.45) is 0 Å². The Balaban J connectivity index is 2.69. The van der Waals surface area contributed by atoms with Crippen LogP contribution in [0.1, 0.15) is 30.0 Å². The van der Waals surface area contributed by atoms with Crippen molar-refractivity contribution in [3.8, 4) is 0 Å². The fourth-order valence-electron chi connectivity index (χ4n) is 2.08. The Morgan fingerprint density at radius 3 is 2.20 bits per heavy atom. The van der Waals surface area contributed by atoms with Crippen molar-refractivity contribution in [3.05, 3.63) is 28.8 Å². The average molecular weight is 298 g/mol. The maximum Gasteiger partial charge on any atom is 0.239 e. The summed E-state index contributed by atoms with van der Waals surface area (Å²) in [5.41, 5.74) is 3.80. The number of amides is 1. The summed E-state index contributed by atoms with van der Waals surface area (Å²) in [6.07, 6.45) is 0.521. The summed E-state index contributed by atoms with van der Waals surface area (Å²) >= 11 is 0. The molecule has 0 radical (unpaired) electrons. The number of benzene rings is 1. The minimum Gasteiger partial charge on any atom is -0.324 e. The molecule has 1 amide bonds. The van der Waals surface area contributed by atoms with Gasteiger partial charge in [0.15, 0.2) is 0 Å². The zero-order valence-corrected chi connectivity index (χ0v) is 13.2. The van der Waals surface area contributed by atoms with Crippen LogP contribution in [-0.2, 0) is 14.8 Å². The average Bonchev–Trinajstić information content (AvgIpc) is 2.31. The second-order valence-electron chi connectivity index (χ2n) is 4.96. The van der Waals surface area contributed by atoms with Gasteiger partial charge >= 0.3 is 0 Å². The van der Waals surface area contributed by atoms with Gasteiger partial charge in [0.1, 0.15) is 0 Å². The number of aryl methyl sites for hydroxylation is 3. The summed E-state index contributed by atoms with van der Waals surface area (Å²) in [5, 5.41) is 2.75. The molecule has 0 aromatic heterocycles. The Bertz CT molecular complexity index is 571. The SMILES string of the molecule is CCCS(=O)(=O)NCC(=O)Nc1c(C)cc(C)cc1C. The molecule has 0 bridgehead atoms. The van der Waals surface area contributed by atoms with Gasteiger partial charge in [-0.15, -0.1) is 0 Å². The van der Waals surface area contributed by atoms with Crippen LogP contribution >= 0.6 is 0 Å². The van der Waals surface area contributed by atoms with Crippen molar-refractivity contribution in [3.63, 3.8) is 0 Å². The largest absolute Gasteiger partial charge is 0.324 e. The number of carbonyl (C=O) groups excluding carboxylic acids is 1. The molecule has 6 heteroatoms. The summed E-state index contributed by atoms with van der Waals surface area (Å²) in [6.45, 7) is 7.35. The van der Waals surface area contributed by atoms with Crippen LogP contribution in [0.15, 0.2) is 12.1 Å². The summed E-state index contributed by atoms with van der Waals surface area (Å²) in [4.78, 5) is 11.8. The molecule has 0 aliphatic rings. The van der Waals surface area contributed by atoms with E-state index in [0.717, 1.165) is 22.4 Å². The van der Waals surface area contributed by atoms with E-state index >= 15 is 0 Å². The van der Waals surface area contributed by atoms with Gasteiger partial charge < -0.3 is 5.32 Å². The van der Waals surface area contributed by atoms with E-state index in [-0.39, 0.29) is 18.2 Å². The first-order valence-corrected chi connectivity index (χ1v) is 8.25. The van der Waals surface area contributed by atoms with Crippen LogP contribution in [-0.4, -0.2) is 26.6 Å². The van der Waals surface area contributed by atoms with E-state index < -0.39 is 10.0 Å². The number of anilines is 1. The number of carbonyl (C=O) groups is 1. The second-order valence-corrected chi connectivity index (χ2v) is 6.89. The first-order valence-electron chi connectivity index (χ1n) is 6.60. The monoisotopic (exact) mass is 298 g/mol. The predicted octanol–water partition coefficient (Wildman–Crippen LogP) is 1.88. The zero-order chi connectivity index (χ0) is 15.3. The second kappa shape index (κ2) is 6.85. The maximum absolute atomic E-state index is 11.8. The summed E-state index contributed by atoms with van der Waals surface area (Å²) < 4.78 is 25.2. The molecule has 0 saturated heterocycles. The van der Waals surface area contributed by atoms with Crippen LogP contribution in [0.25, 0.3) is 0 Å². The molecule has 5 nitrogen and oxygen atoms in total. The molecule has 2 N–H and O–H groups in total. The highest BCUT2D eigenvalue weighted by molar-refractivity contribution is 7.89. The van der Waals surface area contributed by atoms with Gasteiger partial charge in [-0.1, -0.05) is 24.6 Å². The van der Waals surface area contributed by atoms with Gasteiger partial charge in [0.25, 0.3) is 0 Å². The lowest BCUT2D eigenvalue weighted by molar-refractivity contribution is -0.115. The molecule has 0 aliphatic heterocycles. The number of sulfonamides is 1. The molecular formula is C14H22N2O3S. The third kappa shape index (κ3) is 4.94. The Kier molecular flexibility index (Phi) is 5.71. The van der Waals surface area contributed by atoms with E-state index in [4.69, 9.17) is 0 Å². The van der Waals surface area contributed by atoms with Crippen molar-refractivity contribution in [1.82, 2.24) is 4.72 Å². The minimum atomic E-state index is -3.36. The van der Waals surface area contributed by atoms with Gasteiger partial charge in [0.05, 0.1) is 12.3 Å². The van der Waals surface area contributed by atoms with Gasteiger partial charge in [0, 0.05) is 5.69 Å². The topological polar surface area (TPSA) is 75.3 Å². The molecule has 0 spiro atoms. The lowest BCUT2D eigenvalue weighted by Crippen LogP contribution is -2.34. The quantitative estimate of drug-likeness (QED) is 0.842. The number of nitrogens with one attached hydrogen (secondary N) is 2. The van der Waals surface area contributed by atoms with Crippen LogP contribution in [0.5, 0.6) is 0 Å². The number of hydrogen-bond donors (Lipinski definition) is 2. The number of rotatable bonds is 6. The minimum absolute atomic E-state index is 0.0306. The molecule has 0 fully saturated rings. The van der Waals surface area contributed by atoms with Crippen LogP contribution in [0.3, 0.4) is 0 Å². The molecule has 112 valence electrons. The summed E-state index contributed by atoms with van der Waals surface area (Å²) in [5.74, 6) is -0.331. The van der Waals surface area contributed by atoms with Gasteiger partial charge in [0.2, 0.25) is 15.9 Å². The lowest BCUT2D eigenvalue weighted by atomic mass is 10.1. The first kappa shape index (κ1) is 16.7. The predicted molar refractivity (Wildman–Crippen MR) is 81.4 cm³/mol. The standard InChI is InChI=1S/C14H22N2O3S/c1-5-6-20(18,19)15-9-13(17)16-14-11(3)7-10(2)8-12(14)4/h7-8,15H,5-6,9H2,1-4H3,(H,16,17). The Morgan fingerprint density at radius 2 is 1.70 bits per heavy atom. The molecule has 0 atom stereocenters. The van der Waals surface area contributed by atoms with Gasteiger partial charge in [-0.2, -0.15) is 0 Å². The highest BCUT2D eigenvalue weighted by Gasteiger charge is 2.12. The van der Waals surface area contributed by atoms with Crippen LogP contribution < -0.4 is 10.0 Å². The van der Waals surface area contributed by atoms with Crippen molar-refractivity contribution >= 4 is 21.6 Å². The van der Waals surface area contributed by atoms with E-state index in [2.05, 4.69) is 10.0 Å². The van der Waals surface area contributed by atoms with E-state index in [1.54, 1.807) is 6.92 Å². The first-order chi connectivity index (χ1) is 9.25. The molecular weight excluding hydrogens is 276 g/mol. The smallest absolute Gasteiger partial charge is 0.239 e. The summed E-state index contributed by atoms with van der Waals surface area (Å²) in [7, 11) is -3.36. The Labute approximate surface area is 120 Å². The molecule has 1 aromatic rings. The fraction of sp³-hybridized carbons (Fsp3) is 0.500. The molecule has 0 aliphatic carbocycles. The molecule has 20 heavy (non-hydrogen) atoms. The summed E-state index contributed by atoms with van der Waals surface area (Å²) in [6, 6.07) is 3.95. The van der Waals surface area contributed by atoms with Crippen molar-refractivity contribution in [1.29, 1.82) is 0 Å². The van der Waals surface area contributed by atoms with Crippen molar-refractivity contribution < 1.29 is 13.2 Å². The highest BCUT2D eigenvalue weighted by atomic mass is 32.2. The lowest BCUT2D eigenvalue weighted by Gasteiger charge is -2.13. The third-order valence-electron chi connectivity index (χ3n) is 2.87. The van der Waals surface area contributed by atoms with Gasteiger partial charge in [-0.05, 0) is 38.3 Å². The fourth-order valence-corrected chi connectivity index (χ4v) is 3.11. The van der Waals surface area contributed by atoms with Crippen LogP contribution in [0.2, 0.25) is 0 Å². The third-order valence-corrected chi connectivity index (χ3v) is 4.40. The van der Waals surface area contributed by atoms with E-state index in [1.165, 1.54) is 0 Å². The number of hydrogen-bond acceptors (Lipinski definition) is 3. The maximum atomic E-state index is 11.8. The van der Waals surface area contributed by atoms with Crippen molar-refractivity contribution in [2.75, 3.05) is 17.6 Å². The highest BCUT2D eigenvalue weighted by Crippen LogP contribution is 2.21.